The van der Waals surface area contributed by atoms with Crippen molar-refractivity contribution in [2.75, 3.05) is 5.33 Å². The van der Waals surface area contributed by atoms with E-state index < -0.39 is 6.10 Å². The Morgan fingerprint density at radius 2 is 1.48 bits per heavy atom. The maximum atomic E-state index is 10.0. The molecule has 2 aromatic carbocycles. The summed E-state index contributed by atoms with van der Waals surface area (Å²) in [5.74, 6) is 4.76. The van der Waals surface area contributed by atoms with Crippen LogP contribution in [0.3, 0.4) is 0 Å². The Balaban J connectivity index is 0.000000354. The fraction of sp³-hybridized carbons (Fsp3) is 0.150. The quantitative estimate of drug-likeness (QED) is 0.497. The molecule has 3 heteroatoms. The number of halogens is 1. The summed E-state index contributed by atoms with van der Waals surface area (Å²) in [7, 11) is 0. The van der Waals surface area contributed by atoms with Crippen molar-refractivity contribution in [3.63, 3.8) is 0 Å². The molecule has 23 heavy (non-hydrogen) atoms. The number of aldehydes is 1. The molecule has 1 N–H and O–H groups in total. The highest BCUT2D eigenvalue weighted by Crippen LogP contribution is 2.14. The van der Waals surface area contributed by atoms with E-state index >= 15 is 0 Å². The molecule has 0 spiro atoms. The third kappa shape index (κ3) is 11.0. The molecule has 2 rings (SSSR count). The molecule has 0 heterocycles. The minimum atomic E-state index is -0.513. The lowest BCUT2D eigenvalue weighted by Crippen LogP contribution is -1.94. The standard InChI is InChI=1S/C10H10O.C7H6O.C3H3Br/c1-2-6-10(11)9-7-4-3-5-8-9;8-6-7-4-2-1-3-5-7;1-2-3-4/h1,3-5,7-8,10-11H,6H2;1-6H;1H,3H2. The average molecular weight is 371 g/mol. The number of rotatable bonds is 3. The van der Waals surface area contributed by atoms with Gasteiger partial charge in [0.1, 0.15) is 6.29 Å². The van der Waals surface area contributed by atoms with Crippen molar-refractivity contribution in [1.82, 2.24) is 0 Å². The van der Waals surface area contributed by atoms with Gasteiger partial charge in [0.2, 0.25) is 0 Å². The summed E-state index contributed by atoms with van der Waals surface area (Å²) in [5.41, 5.74) is 1.61. The topological polar surface area (TPSA) is 37.3 Å². The molecular formula is C20H19BrO2. The van der Waals surface area contributed by atoms with Gasteiger partial charge in [0.15, 0.2) is 0 Å². The Morgan fingerprint density at radius 1 is 1.00 bits per heavy atom. The molecule has 0 aromatic heterocycles. The number of carbonyl (C=O) groups excluding carboxylic acids is 1. The van der Waals surface area contributed by atoms with Crippen molar-refractivity contribution in [3.05, 3.63) is 71.8 Å². The zero-order valence-corrected chi connectivity index (χ0v) is 14.3. The molecule has 0 bridgehead atoms. The molecule has 0 amide bonds. The van der Waals surface area contributed by atoms with E-state index in [4.69, 9.17) is 12.8 Å². The molecule has 0 fully saturated rings. The van der Waals surface area contributed by atoms with E-state index in [-0.39, 0.29) is 0 Å². The predicted octanol–water partition coefficient (Wildman–Crippen LogP) is 4.26. The van der Waals surface area contributed by atoms with Crippen molar-refractivity contribution in [1.29, 1.82) is 0 Å². The van der Waals surface area contributed by atoms with Gasteiger partial charge in [-0.1, -0.05) is 82.5 Å². The molecule has 1 unspecified atom stereocenters. The smallest absolute Gasteiger partial charge is 0.150 e. The van der Waals surface area contributed by atoms with Gasteiger partial charge in [-0.15, -0.1) is 18.8 Å². The monoisotopic (exact) mass is 370 g/mol. The van der Waals surface area contributed by atoms with Gasteiger partial charge in [-0.3, -0.25) is 4.79 Å². The first kappa shape index (κ1) is 20.7. The summed E-state index contributed by atoms with van der Waals surface area (Å²) in [6.45, 7) is 0. The highest BCUT2D eigenvalue weighted by Gasteiger charge is 2.02. The molecule has 0 aliphatic heterocycles. The molecular weight excluding hydrogens is 352 g/mol. The number of terminal acetylenes is 2. The molecule has 1 atom stereocenters. The first-order chi connectivity index (χ1) is 11.2. The maximum Gasteiger partial charge on any atom is 0.150 e. The first-order valence-corrected chi connectivity index (χ1v) is 7.97. The van der Waals surface area contributed by atoms with Crippen molar-refractivity contribution in [2.24, 2.45) is 0 Å². The lowest BCUT2D eigenvalue weighted by Gasteiger charge is -2.05. The van der Waals surface area contributed by atoms with Crippen LogP contribution in [0.25, 0.3) is 0 Å². The predicted molar refractivity (Wildman–Crippen MR) is 99.3 cm³/mol. The van der Waals surface area contributed by atoms with Gasteiger partial charge in [0, 0.05) is 12.0 Å². The number of benzene rings is 2. The van der Waals surface area contributed by atoms with Crippen molar-refractivity contribution < 1.29 is 9.90 Å². The minimum absolute atomic E-state index is 0.379. The van der Waals surface area contributed by atoms with Gasteiger partial charge in [0.05, 0.1) is 11.4 Å². The second kappa shape index (κ2) is 14.6. The molecule has 0 saturated carbocycles. The van der Waals surface area contributed by atoms with E-state index in [1.54, 1.807) is 12.1 Å². The van der Waals surface area contributed by atoms with Gasteiger partial charge in [-0.25, -0.2) is 0 Å². The lowest BCUT2D eigenvalue weighted by molar-refractivity contribution is 0.112. The summed E-state index contributed by atoms with van der Waals surface area (Å²) >= 11 is 3.01. The Morgan fingerprint density at radius 3 is 1.83 bits per heavy atom. The molecule has 2 nitrogen and oxygen atoms in total. The van der Waals surface area contributed by atoms with Gasteiger partial charge in [-0.05, 0) is 5.56 Å². The number of hydrogen-bond acceptors (Lipinski definition) is 2. The van der Waals surface area contributed by atoms with Crippen molar-refractivity contribution >= 4 is 22.2 Å². The van der Waals surface area contributed by atoms with Crippen LogP contribution >= 0.6 is 15.9 Å². The molecule has 0 saturated heterocycles. The largest absolute Gasteiger partial charge is 0.387 e. The molecule has 0 aliphatic rings. The fourth-order valence-electron chi connectivity index (χ4n) is 1.44. The van der Waals surface area contributed by atoms with E-state index in [0.29, 0.717) is 11.8 Å². The molecule has 118 valence electrons. The second-order valence-corrected chi connectivity index (χ2v) is 4.76. The number of aliphatic hydroxyl groups excluding tert-OH is 1. The van der Waals surface area contributed by atoms with Crippen LogP contribution in [0.15, 0.2) is 60.7 Å². The molecule has 0 radical (unpaired) electrons. The van der Waals surface area contributed by atoms with Gasteiger partial charge in [-0.2, -0.15) is 0 Å². The number of alkyl halides is 1. The molecule has 2 aromatic rings. The number of hydrogen-bond donors (Lipinski definition) is 1. The van der Waals surface area contributed by atoms with Crippen LogP contribution in [-0.2, 0) is 0 Å². The highest BCUT2D eigenvalue weighted by atomic mass is 79.9. The number of aliphatic hydroxyl groups is 1. The van der Waals surface area contributed by atoms with E-state index in [2.05, 4.69) is 27.8 Å². The summed E-state index contributed by atoms with van der Waals surface area (Å²) in [4.78, 5) is 10.0. The van der Waals surface area contributed by atoms with Crippen LogP contribution in [0.4, 0.5) is 0 Å². The van der Waals surface area contributed by atoms with E-state index in [1.165, 1.54) is 0 Å². The lowest BCUT2D eigenvalue weighted by atomic mass is 10.1. The normalized spacial score (nSPS) is 9.57. The fourth-order valence-corrected chi connectivity index (χ4v) is 1.44. The zero-order chi connectivity index (χ0) is 17.3. The Labute approximate surface area is 146 Å². The second-order valence-electron chi connectivity index (χ2n) is 4.20. The minimum Gasteiger partial charge on any atom is -0.387 e. The Bertz CT molecular complexity index is 610. The van der Waals surface area contributed by atoms with Crippen LogP contribution in [0.1, 0.15) is 28.4 Å². The van der Waals surface area contributed by atoms with Crippen LogP contribution in [0.2, 0.25) is 0 Å². The van der Waals surface area contributed by atoms with Gasteiger partial charge < -0.3 is 5.11 Å². The van der Waals surface area contributed by atoms with Crippen molar-refractivity contribution in [2.45, 2.75) is 12.5 Å². The summed E-state index contributed by atoms with van der Waals surface area (Å²) in [6.07, 6.45) is 10.5. The highest BCUT2D eigenvalue weighted by molar-refractivity contribution is 9.09. The Hall–Kier alpha value is -2.33. The van der Waals surface area contributed by atoms with Gasteiger partial charge >= 0.3 is 0 Å². The maximum absolute atomic E-state index is 10.0. The summed E-state index contributed by atoms with van der Waals surface area (Å²) < 4.78 is 0. The van der Waals surface area contributed by atoms with Crippen LogP contribution in [0.5, 0.6) is 0 Å². The molecule has 0 aliphatic carbocycles. The third-order valence-corrected chi connectivity index (χ3v) is 2.83. The average Bonchev–Trinajstić information content (AvgIpc) is 2.64. The zero-order valence-electron chi connectivity index (χ0n) is 12.7. The van der Waals surface area contributed by atoms with E-state index in [0.717, 1.165) is 17.4 Å². The van der Waals surface area contributed by atoms with Crippen molar-refractivity contribution in [3.8, 4) is 24.7 Å². The summed E-state index contributed by atoms with van der Waals surface area (Å²) in [5, 5.41) is 10.0. The first-order valence-electron chi connectivity index (χ1n) is 6.85. The summed E-state index contributed by atoms with van der Waals surface area (Å²) in [6, 6.07) is 18.5. The van der Waals surface area contributed by atoms with Crippen LogP contribution < -0.4 is 0 Å². The van der Waals surface area contributed by atoms with Crippen LogP contribution in [0, 0.1) is 24.7 Å². The Kier molecular flexibility index (Phi) is 13.1. The third-order valence-electron chi connectivity index (χ3n) is 2.51. The van der Waals surface area contributed by atoms with E-state index in [1.807, 2.05) is 48.5 Å². The van der Waals surface area contributed by atoms with Crippen LogP contribution in [-0.4, -0.2) is 16.7 Å². The van der Waals surface area contributed by atoms with Gasteiger partial charge in [0.25, 0.3) is 0 Å². The number of carbonyl (C=O) groups is 1. The SMILES string of the molecule is C#CCBr.C#CCC(O)c1ccccc1.O=Cc1ccccc1. The van der Waals surface area contributed by atoms with E-state index in [9.17, 15) is 9.90 Å².